The highest BCUT2D eigenvalue weighted by Crippen LogP contribution is 2.03. The van der Waals surface area contributed by atoms with Crippen LogP contribution in [0.3, 0.4) is 0 Å². The van der Waals surface area contributed by atoms with Gasteiger partial charge in [-0.3, -0.25) is 0 Å². The maximum Gasteiger partial charge on any atom is -0.00488 e. The van der Waals surface area contributed by atoms with Gasteiger partial charge in [0, 0.05) is 0 Å². The molecule has 2 heteroatoms. The van der Waals surface area contributed by atoms with Crippen LogP contribution in [-0.2, 0) is 0 Å². The summed E-state index contributed by atoms with van der Waals surface area (Å²) in [5.41, 5.74) is 5.44. The molecule has 15 heavy (non-hydrogen) atoms. The van der Waals surface area contributed by atoms with Crippen LogP contribution in [-0.4, -0.2) is 19.6 Å². The molecule has 0 radical (unpaired) electrons. The quantitative estimate of drug-likeness (QED) is 0.519. The number of nitrogens with one attached hydrogen (secondary N) is 1. The van der Waals surface area contributed by atoms with Crippen LogP contribution in [0.4, 0.5) is 0 Å². The lowest BCUT2D eigenvalue weighted by molar-refractivity contribution is 0.515. The Morgan fingerprint density at radius 3 is 2.13 bits per heavy atom. The van der Waals surface area contributed by atoms with Crippen molar-refractivity contribution in [3.8, 4) is 0 Å². The molecule has 0 saturated heterocycles. The Morgan fingerprint density at radius 2 is 1.47 bits per heavy atom. The molecule has 0 unspecified atom stereocenters. The summed E-state index contributed by atoms with van der Waals surface area (Å²) in [6.45, 7) is 7.82. The minimum absolute atomic E-state index is 0.850. The van der Waals surface area contributed by atoms with Gasteiger partial charge in [-0.2, -0.15) is 0 Å². The van der Waals surface area contributed by atoms with E-state index in [0.717, 1.165) is 12.5 Å². The van der Waals surface area contributed by atoms with Gasteiger partial charge >= 0.3 is 0 Å². The van der Waals surface area contributed by atoms with Crippen LogP contribution in [0, 0.1) is 5.92 Å². The third-order valence-corrected chi connectivity index (χ3v) is 2.69. The molecule has 0 heterocycles. The van der Waals surface area contributed by atoms with E-state index in [-0.39, 0.29) is 0 Å². The van der Waals surface area contributed by atoms with Gasteiger partial charge in [0.15, 0.2) is 0 Å². The Morgan fingerprint density at radius 1 is 0.867 bits per heavy atom. The Hall–Kier alpha value is -0.0800. The van der Waals surface area contributed by atoms with Crippen LogP contribution in [0.1, 0.15) is 58.8 Å². The van der Waals surface area contributed by atoms with Crippen molar-refractivity contribution in [3.05, 3.63) is 0 Å². The summed E-state index contributed by atoms with van der Waals surface area (Å²) in [6.07, 6.45) is 9.22. The zero-order valence-electron chi connectivity index (χ0n) is 10.7. The van der Waals surface area contributed by atoms with Crippen LogP contribution < -0.4 is 11.1 Å². The molecular weight excluding hydrogens is 184 g/mol. The van der Waals surface area contributed by atoms with Gasteiger partial charge in [-0.1, -0.05) is 33.1 Å². The lowest BCUT2D eigenvalue weighted by Gasteiger charge is -2.06. The van der Waals surface area contributed by atoms with Crippen LogP contribution in [0.25, 0.3) is 0 Å². The van der Waals surface area contributed by atoms with E-state index in [2.05, 4.69) is 19.2 Å². The summed E-state index contributed by atoms with van der Waals surface area (Å²) in [5, 5.41) is 3.51. The highest BCUT2D eigenvalue weighted by molar-refractivity contribution is 4.52. The topological polar surface area (TPSA) is 38.0 Å². The molecule has 2 nitrogen and oxygen atoms in total. The smallest absolute Gasteiger partial charge is 0.00488 e. The van der Waals surface area contributed by atoms with Crippen LogP contribution >= 0.6 is 0 Å². The van der Waals surface area contributed by atoms with Gasteiger partial charge in [-0.05, 0) is 51.2 Å². The molecule has 0 aromatic carbocycles. The van der Waals surface area contributed by atoms with E-state index in [1.165, 1.54) is 58.0 Å². The van der Waals surface area contributed by atoms with E-state index < -0.39 is 0 Å². The third-order valence-electron chi connectivity index (χ3n) is 2.69. The third kappa shape index (κ3) is 13.9. The average Bonchev–Trinajstić information content (AvgIpc) is 2.20. The van der Waals surface area contributed by atoms with Crippen LogP contribution in [0.2, 0.25) is 0 Å². The SMILES string of the molecule is CC(C)CCCNCCCCCCCN. The largest absolute Gasteiger partial charge is 0.330 e. The monoisotopic (exact) mass is 214 g/mol. The second-order valence-corrected chi connectivity index (χ2v) is 4.84. The summed E-state index contributed by atoms with van der Waals surface area (Å²) in [7, 11) is 0. The molecule has 0 amide bonds. The molecule has 0 spiro atoms. The fourth-order valence-corrected chi connectivity index (χ4v) is 1.68. The van der Waals surface area contributed by atoms with Gasteiger partial charge in [-0.25, -0.2) is 0 Å². The standard InChI is InChI=1S/C13H30N2/c1-13(2)9-8-12-15-11-7-5-3-4-6-10-14/h13,15H,3-12,14H2,1-2H3. The van der Waals surface area contributed by atoms with Crippen molar-refractivity contribution in [2.24, 2.45) is 11.7 Å². The lowest BCUT2D eigenvalue weighted by Crippen LogP contribution is -2.17. The minimum Gasteiger partial charge on any atom is -0.330 e. The normalized spacial score (nSPS) is 11.2. The lowest BCUT2D eigenvalue weighted by atomic mass is 10.1. The van der Waals surface area contributed by atoms with Crippen molar-refractivity contribution in [1.29, 1.82) is 0 Å². The number of hydrogen-bond donors (Lipinski definition) is 2. The van der Waals surface area contributed by atoms with Gasteiger partial charge < -0.3 is 11.1 Å². The highest BCUT2D eigenvalue weighted by Gasteiger charge is 1.93. The van der Waals surface area contributed by atoms with E-state index in [4.69, 9.17) is 5.73 Å². The van der Waals surface area contributed by atoms with E-state index in [0.29, 0.717) is 0 Å². The summed E-state index contributed by atoms with van der Waals surface area (Å²) < 4.78 is 0. The first-order chi connectivity index (χ1) is 7.27. The molecule has 0 aliphatic carbocycles. The van der Waals surface area contributed by atoms with E-state index in [9.17, 15) is 0 Å². The predicted octanol–water partition coefficient (Wildman–Crippen LogP) is 2.92. The fraction of sp³-hybridized carbons (Fsp3) is 1.00. The molecule has 0 atom stereocenters. The van der Waals surface area contributed by atoms with Crippen LogP contribution in [0.15, 0.2) is 0 Å². The average molecular weight is 214 g/mol. The first-order valence-electron chi connectivity index (χ1n) is 6.68. The van der Waals surface area contributed by atoms with Crippen LogP contribution in [0.5, 0.6) is 0 Å². The molecule has 0 rings (SSSR count). The number of nitrogens with two attached hydrogens (primary N) is 1. The van der Waals surface area contributed by atoms with Crippen molar-refractivity contribution in [2.45, 2.75) is 58.8 Å². The van der Waals surface area contributed by atoms with Gasteiger partial charge in [0.25, 0.3) is 0 Å². The maximum absolute atomic E-state index is 5.44. The molecule has 92 valence electrons. The predicted molar refractivity (Wildman–Crippen MR) is 69.1 cm³/mol. The van der Waals surface area contributed by atoms with Crippen molar-refractivity contribution in [3.63, 3.8) is 0 Å². The molecule has 0 saturated carbocycles. The maximum atomic E-state index is 5.44. The second kappa shape index (κ2) is 12.0. The summed E-state index contributed by atoms with van der Waals surface area (Å²) in [5.74, 6) is 0.850. The Balaban J connectivity index is 2.87. The van der Waals surface area contributed by atoms with Gasteiger partial charge in [0.2, 0.25) is 0 Å². The molecule has 0 bridgehead atoms. The molecule has 0 aliphatic rings. The van der Waals surface area contributed by atoms with Crippen molar-refractivity contribution in [2.75, 3.05) is 19.6 Å². The summed E-state index contributed by atoms with van der Waals surface area (Å²) >= 11 is 0. The summed E-state index contributed by atoms with van der Waals surface area (Å²) in [6, 6.07) is 0. The zero-order valence-corrected chi connectivity index (χ0v) is 10.7. The summed E-state index contributed by atoms with van der Waals surface area (Å²) in [4.78, 5) is 0. The number of hydrogen-bond acceptors (Lipinski definition) is 2. The highest BCUT2D eigenvalue weighted by atomic mass is 14.8. The molecule has 3 N–H and O–H groups in total. The Kier molecular flexibility index (Phi) is 11.9. The Labute approximate surface area is 96.0 Å². The zero-order chi connectivity index (χ0) is 11.4. The molecule has 0 aromatic heterocycles. The molecule has 0 aliphatic heterocycles. The van der Waals surface area contributed by atoms with E-state index >= 15 is 0 Å². The van der Waals surface area contributed by atoms with Gasteiger partial charge in [0.1, 0.15) is 0 Å². The van der Waals surface area contributed by atoms with Crippen molar-refractivity contribution < 1.29 is 0 Å². The first-order valence-corrected chi connectivity index (χ1v) is 6.68. The van der Waals surface area contributed by atoms with Crippen molar-refractivity contribution >= 4 is 0 Å². The number of rotatable bonds is 11. The molecular formula is C13H30N2. The second-order valence-electron chi connectivity index (χ2n) is 4.84. The van der Waals surface area contributed by atoms with E-state index in [1.54, 1.807) is 0 Å². The minimum atomic E-state index is 0.850. The van der Waals surface area contributed by atoms with E-state index in [1.807, 2.05) is 0 Å². The van der Waals surface area contributed by atoms with Gasteiger partial charge in [0.05, 0.1) is 0 Å². The number of unbranched alkanes of at least 4 members (excludes halogenated alkanes) is 4. The first kappa shape index (κ1) is 14.9. The van der Waals surface area contributed by atoms with Crippen molar-refractivity contribution in [1.82, 2.24) is 5.32 Å². The molecule has 0 fully saturated rings. The Bertz CT molecular complexity index is 113. The van der Waals surface area contributed by atoms with Gasteiger partial charge in [-0.15, -0.1) is 0 Å². The fourth-order valence-electron chi connectivity index (χ4n) is 1.68. The molecule has 0 aromatic rings.